The van der Waals surface area contributed by atoms with Crippen molar-refractivity contribution in [3.8, 4) is 0 Å². The maximum Gasteiger partial charge on any atom is 0.346 e. The van der Waals surface area contributed by atoms with Crippen LogP contribution in [-0.2, 0) is 24.3 Å². The van der Waals surface area contributed by atoms with Crippen LogP contribution in [0.4, 0.5) is 0 Å². The largest absolute Gasteiger partial charge is 0.352 e. The lowest BCUT2D eigenvalue weighted by molar-refractivity contribution is -0.123. The van der Waals surface area contributed by atoms with Crippen molar-refractivity contribution < 1.29 is 4.79 Å². The number of hydrogen-bond acceptors (Lipinski definition) is 5. The smallest absolute Gasteiger partial charge is 0.346 e. The number of pyridine rings is 1. The second-order valence-electron chi connectivity index (χ2n) is 6.92. The first kappa shape index (κ1) is 19.3. The standard InChI is InChI=1S/C19H28N6O2/c1-3-23(4-2)14-18(26)21-16-7-8-17-22-25(19(27)24(17)11-9-16)13-15-6-5-10-20-12-15/h5-6,10,12,16H,3-4,7-9,11,13-14H2,1-2H3,(H,21,26). The number of aromatic nitrogens is 4. The summed E-state index contributed by atoms with van der Waals surface area (Å²) in [5, 5.41) is 7.63. The average molecular weight is 372 g/mol. The lowest BCUT2D eigenvalue weighted by Gasteiger charge is -2.21. The van der Waals surface area contributed by atoms with E-state index in [2.05, 4.69) is 34.1 Å². The van der Waals surface area contributed by atoms with Crippen LogP contribution in [0.1, 0.15) is 38.1 Å². The fraction of sp³-hybridized carbons (Fsp3) is 0.579. The van der Waals surface area contributed by atoms with Gasteiger partial charge in [0.05, 0.1) is 13.1 Å². The number of nitrogens with zero attached hydrogens (tertiary/aromatic N) is 5. The summed E-state index contributed by atoms with van der Waals surface area (Å²) in [5.74, 6) is 0.849. The van der Waals surface area contributed by atoms with E-state index in [4.69, 9.17) is 0 Å². The number of likely N-dealkylation sites (N-methyl/N-ethyl adjacent to an activating group) is 1. The van der Waals surface area contributed by atoms with Gasteiger partial charge >= 0.3 is 5.69 Å². The molecule has 2 aromatic rings. The second kappa shape index (κ2) is 8.94. The highest BCUT2D eigenvalue weighted by atomic mass is 16.2. The number of amides is 1. The zero-order valence-corrected chi connectivity index (χ0v) is 16.1. The highest BCUT2D eigenvalue weighted by molar-refractivity contribution is 5.78. The third-order valence-electron chi connectivity index (χ3n) is 5.10. The van der Waals surface area contributed by atoms with Crippen LogP contribution in [0.5, 0.6) is 0 Å². The number of hydrogen-bond donors (Lipinski definition) is 1. The third-order valence-corrected chi connectivity index (χ3v) is 5.10. The summed E-state index contributed by atoms with van der Waals surface area (Å²) >= 11 is 0. The zero-order chi connectivity index (χ0) is 19.2. The van der Waals surface area contributed by atoms with E-state index in [9.17, 15) is 9.59 Å². The Labute approximate surface area is 159 Å². The van der Waals surface area contributed by atoms with Crippen LogP contribution in [0, 0.1) is 0 Å². The predicted molar refractivity (Wildman–Crippen MR) is 102 cm³/mol. The molecular formula is C19H28N6O2. The molecule has 1 aliphatic rings. The molecule has 0 aliphatic carbocycles. The molecule has 1 N–H and O–H groups in total. The number of nitrogens with one attached hydrogen (secondary N) is 1. The van der Waals surface area contributed by atoms with E-state index < -0.39 is 0 Å². The third kappa shape index (κ3) is 4.82. The highest BCUT2D eigenvalue weighted by Gasteiger charge is 2.22. The molecule has 1 aliphatic heterocycles. The van der Waals surface area contributed by atoms with E-state index in [1.807, 2.05) is 12.1 Å². The Bertz CT molecular complexity index is 809. The number of aryl methyl sites for hydroxylation is 1. The fourth-order valence-electron chi connectivity index (χ4n) is 3.46. The van der Waals surface area contributed by atoms with E-state index in [1.165, 1.54) is 4.68 Å². The molecule has 1 unspecified atom stereocenters. The molecule has 27 heavy (non-hydrogen) atoms. The van der Waals surface area contributed by atoms with Crippen molar-refractivity contribution in [2.75, 3.05) is 19.6 Å². The minimum atomic E-state index is -0.0935. The van der Waals surface area contributed by atoms with Crippen molar-refractivity contribution in [1.29, 1.82) is 0 Å². The highest BCUT2D eigenvalue weighted by Crippen LogP contribution is 2.12. The molecule has 2 aromatic heterocycles. The molecule has 0 saturated heterocycles. The molecular weight excluding hydrogens is 344 g/mol. The van der Waals surface area contributed by atoms with Gasteiger partial charge in [-0.05, 0) is 37.6 Å². The van der Waals surface area contributed by atoms with Crippen molar-refractivity contribution in [3.63, 3.8) is 0 Å². The molecule has 1 atom stereocenters. The first-order valence-electron chi connectivity index (χ1n) is 9.67. The first-order chi connectivity index (χ1) is 13.1. The Morgan fingerprint density at radius 3 is 2.85 bits per heavy atom. The predicted octanol–water partition coefficient (Wildman–Crippen LogP) is 0.651. The molecule has 0 spiro atoms. The Balaban J connectivity index is 1.61. The SMILES string of the molecule is CCN(CC)CC(=O)NC1CCc2nn(Cc3cccnc3)c(=O)n2CC1. The van der Waals surface area contributed by atoms with Crippen molar-refractivity contribution in [2.45, 2.75) is 52.2 Å². The van der Waals surface area contributed by atoms with Crippen molar-refractivity contribution >= 4 is 5.91 Å². The van der Waals surface area contributed by atoms with Crippen LogP contribution in [0.3, 0.4) is 0 Å². The van der Waals surface area contributed by atoms with Crippen molar-refractivity contribution in [2.24, 2.45) is 0 Å². The van der Waals surface area contributed by atoms with Gasteiger partial charge in [-0.15, -0.1) is 0 Å². The molecule has 0 radical (unpaired) electrons. The summed E-state index contributed by atoms with van der Waals surface area (Å²) < 4.78 is 3.25. The lowest BCUT2D eigenvalue weighted by atomic mass is 10.1. The van der Waals surface area contributed by atoms with Crippen LogP contribution in [-0.4, -0.2) is 55.8 Å². The van der Waals surface area contributed by atoms with Gasteiger partial charge in [-0.3, -0.25) is 19.2 Å². The molecule has 3 heterocycles. The van der Waals surface area contributed by atoms with E-state index in [0.29, 0.717) is 26.1 Å². The summed E-state index contributed by atoms with van der Waals surface area (Å²) in [4.78, 5) is 31.1. The van der Waals surface area contributed by atoms with Gasteiger partial charge in [0.25, 0.3) is 0 Å². The van der Waals surface area contributed by atoms with Crippen LogP contribution in [0.25, 0.3) is 0 Å². The number of rotatable bonds is 7. The van der Waals surface area contributed by atoms with Gasteiger partial charge in [0.1, 0.15) is 5.82 Å². The second-order valence-corrected chi connectivity index (χ2v) is 6.92. The summed E-state index contributed by atoms with van der Waals surface area (Å²) in [6, 6.07) is 3.87. The molecule has 0 fully saturated rings. The van der Waals surface area contributed by atoms with Crippen LogP contribution in [0.2, 0.25) is 0 Å². The van der Waals surface area contributed by atoms with Crippen LogP contribution in [0.15, 0.2) is 29.3 Å². The molecule has 8 nitrogen and oxygen atoms in total. The van der Waals surface area contributed by atoms with Gasteiger partial charge in [-0.1, -0.05) is 19.9 Å². The van der Waals surface area contributed by atoms with E-state index >= 15 is 0 Å². The summed E-state index contributed by atoms with van der Waals surface area (Å²) in [6.45, 7) is 7.26. The van der Waals surface area contributed by atoms with Gasteiger partial charge in [0.2, 0.25) is 5.91 Å². The number of fused-ring (bicyclic) bond motifs is 1. The maximum atomic E-state index is 12.7. The van der Waals surface area contributed by atoms with Gasteiger partial charge in [-0.25, -0.2) is 9.48 Å². The monoisotopic (exact) mass is 372 g/mol. The molecule has 0 bridgehead atoms. The van der Waals surface area contributed by atoms with Gasteiger partial charge < -0.3 is 5.32 Å². The molecule has 3 rings (SSSR count). The molecule has 0 aromatic carbocycles. The maximum absolute atomic E-state index is 12.7. The normalized spacial score (nSPS) is 16.8. The minimum Gasteiger partial charge on any atom is -0.352 e. The molecule has 1 amide bonds. The van der Waals surface area contributed by atoms with Crippen molar-refractivity contribution in [3.05, 3.63) is 46.4 Å². The summed E-state index contributed by atoms with van der Waals surface area (Å²) in [5.41, 5.74) is 0.860. The fourth-order valence-corrected chi connectivity index (χ4v) is 3.46. The van der Waals surface area contributed by atoms with Gasteiger partial charge in [0.15, 0.2) is 0 Å². The Kier molecular flexibility index (Phi) is 6.39. The van der Waals surface area contributed by atoms with E-state index in [0.717, 1.165) is 37.3 Å². The van der Waals surface area contributed by atoms with Gasteiger partial charge in [-0.2, -0.15) is 5.10 Å². The van der Waals surface area contributed by atoms with E-state index in [-0.39, 0.29) is 17.6 Å². The van der Waals surface area contributed by atoms with E-state index in [1.54, 1.807) is 17.0 Å². The summed E-state index contributed by atoms with van der Waals surface area (Å²) in [7, 11) is 0. The van der Waals surface area contributed by atoms with Crippen LogP contribution >= 0.6 is 0 Å². The molecule has 146 valence electrons. The Hall–Kier alpha value is -2.48. The number of carbonyl (C=O) groups is 1. The van der Waals surface area contributed by atoms with Crippen molar-refractivity contribution in [1.82, 2.24) is 29.5 Å². The lowest BCUT2D eigenvalue weighted by Crippen LogP contribution is -2.42. The summed E-state index contributed by atoms with van der Waals surface area (Å²) in [6.07, 6.45) is 5.69. The molecule has 8 heteroatoms. The zero-order valence-electron chi connectivity index (χ0n) is 16.1. The van der Waals surface area contributed by atoms with Gasteiger partial charge in [0, 0.05) is 31.4 Å². The minimum absolute atomic E-state index is 0.0530. The average Bonchev–Trinajstić information content (AvgIpc) is 2.84. The topological polar surface area (TPSA) is 85.1 Å². The molecule has 0 saturated carbocycles. The Morgan fingerprint density at radius 1 is 1.33 bits per heavy atom. The number of carbonyl (C=O) groups excluding carboxylic acids is 1. The quantitative estimate of drug-likeness (QED) is 0.771. The van der Waals surface area contributed by atoms with Crippen LogP contribution < -0.4 is 11.0 Å². The Morgan fingerprint density at radius 2 is 2.15 bits per heavy atom. The first-order valence-corrected chi connectivity index (χ1v) is 9.67.